The lowest BCUT2D eigenvalue weighted by Crippen LogP contribution is -2.29. The highest BCUT2D eigenvalue weighted by molar-refractivity contribution is 7.98. The molecule has 0 fully saturated rings. The van der Waals surface area contributed by atoms with Crippen molar-refractivity contribution in [2.45, 2.75) is 51.6 Å². The first kappa shape index (κ1) is 16.1. The monoisotopic (exact) mass is 313 g/mol. The molecule has 1 aromatic rings. The zero-order valence-electron chi connectivity index (χ0n) is 13.1. The highest BCUT2D eigenvalue weighted by Crippen LogP contribution is 2.37. The van der Waals surface area contributed by atoms with Crippen molar-refractivity contribution in [1.82, 2.24) is 10.3 Å². The van der Waals surface area contributed by atoms with Gasteiger partial charge < -0.3 is 10.2 Å². The first-order valence-corrected chi connectivity index (χ1v) is 9.83. The van der Waals surface area contributed by atoms with E-state index in [4.69, 9.17) is 4.98 Å². The molecule has 3 nitrogen and oxygen atoms in total. The van der Waals surface area contributed by atoms with E-state index in [1.165, 1.54) is 40.7 Å². The Balaban J connectivity index is 2.10. The first-order valence-electron chi connectivity index (χ1n) is 7.62. The Bertz CT molecular complexity index is 419. The van der Waals surface area contributed by atoms with Gasteiger partial charge in [-0.1, -0.05) is 18.3 Å². The van der Waals surface area contributed by atoms with Crippen LogP contribution >= 0.6 is 23.1 Å². The third-order valence-electron chi connectivity index (χ3n) is 4.09. The van der Waals surface area contributed by atoms with Crippen LogP contribution in [0.2, 0.25) is 0 Å². The fourth-order valence-electron chi connectivity index (χ4n) is 2.67. The summed E-state index contributed by atoms with van der Waals surface area (Å²) in [5.41, 5.74) is 1.34. The fraction of sp³-hybridized carbons (Fsp3) is 0.800. The van der Waals surface area contributed by atoms with Gasteiger partial charge in [0.05, 0.1) is 5.69 Å². The average Bonchev–Trinajstić information content (AvgIpc) is 2.89. The van der Waals surface area contributed by atoms with E-state index >= 15 is 0 Å². The molecule has 0 amide bonds. The van der Waals surface area contributed by atoms with Crippen molar-refractivity contribution in [3.8, 4) is 0 Å². The molecule has 1 aliphatic carbocycles. The number of hydrogen-bond acceptors (Lipinski definition) is 5. The van der Waals surface area contributed by atoms with Crippen molar-refractivity contribution in [1.29, 1.82) is 0 Å². The second-order valence-electron chi connectivity index (χ2n) is 5.55. The topological polar surface area (TPSA) is 28.2 Å². The summed E-state index contributed by atoms with van der Waals surface area (Å²) in [6, 6.07) is 1.09. The summed E-state index contributed by atoms with van der Waals surface area (Å²) >= 11 is 3.82. The molecule has 0 aromatic carbocycles. The number of nitrogens with one attached hydrogen (secondary N) is 1. The van der Waals surface area contributed by atoms with E-state index in [2.05, 4.69) is 37.4 Å². The summed E-state index contributed by atoms with van der Waals surface area (Å²) in [5, 5.41) is 4.81. The van der Waals surface area contributed by atoms with Crippen LogP contribution in [0.1, 0.15) is 49.7 Å². The number of nitrogens with zero attached hydrogens (tertiary/aromatic N) is 2. The van der Waals surface area contributed by atoms with Crippen LogP contribution in [0, 0.1) is 0 Å². The lowest BCUT2D eigenvalue weighted by molar-refractivity contribution is 0.476. The summed E-state index contributed by atoms with van der Waals surface area (Å²) < 4.78 is 0. The van der Waals surface area contributed by atoms with Gasteiger partial charge in [-0.3, -0.25) is 0 Å². The lowest BCUT2D eigenvalue weighted by atomic mass is 9.98. The van der Waals surface area contributed by atoms with E-state index in [0.717, 1.165) is 13.0 Å². The number of thiazole rings is 1. The van der Waals surface area contributed by atoms with Crippen LogP contribution in [0.15, 0.2) is 0 Å². The minimum atomic E-state index is 0.532. The maximum absolute atomic E-state index is 4.91. The van der Waals surface area contributed by atoms with E-state index in [1.54, 1.807) is 0 Å². The third kappa shape index (κ3) is 3.68. The zero-order valence-corrected chi connectivity index (χ0v) is 14.7. The summed E-state index contributed by atoms with van der Waals surface area (Å²) in [7, 11) is 2.19. The van der Waals surface area contributed by atoms with Crippen LogP contribution < -0.4 is 10.2 Å². The molecule has 1 heterocycles. The fourth-order valence-corrected chi connectivity index (χ4v) is 4.53. The number of hydrogen-bond donors (Lipinski definition) is 1. The predicted molar refractivity (Wildman–Crippen MR) is 92.3 cm³/mol. The number of aryl methyl sites for hydroxylation is 1. The minimum absolute atomic E-state index is 0.532. The summed E-state index contributed by atoms with van der Waals surface area (Å²) in [6.07, 6.45) is 7.07. The van der Waals surface area contributed by atoms with E-state index < -0.39 is 0 Å². The molecule has 20 heavy (non-hydrogen) atoms. The van der Waals surface area contributed by atoms with Gasteiger partial charge in [-0.25, -0.2) is 4.98 Å². The van der Waals surface area contributed by atoms with Crippen LogP contribution in [-0.2, 0) is 6.42 Å². The van der Waals surface area contributed by atoms with Gasteiger partial charge in [0.1, 0.15) is 0 Å². The van der Waals surface area contributed by atoms with Gasteiger partial charge in [-0.15, -0.1) is 0 Å². The minimum Gasteiger partial charge on any atom is -0.348 e. The van der Waals surface area contributed by atoms with E-state index in [9.17, 15) is 0 Å². The van der Waals surface area contributed by atoms with Gasteiger partial charge in [-0.2, -0.15) is 11.8 Å². The molecule has 114 valence electrons. The second-order valence-corrected chi connectivity index (χ2v) is 7.55. The molecule has 2 unspecified atom stereocenters. The SMILES string of the molecule is CCNC1CCCc2nc(N(C)C(C)CCSC)sc21. The highest BCUT2D eigenvalue weighted by Gasteiger charge is 2.25. The van der Waals surface area contributed by atoms with Gasteiger partial charge in [0.2, 0.25) is 0 Å². The normalized spacial score (nSPS) is 19.7. The molecular formula is C15H27N3S2. The van der Waals surface area contributed by atoms with E-state index in [0.29, 0.717) is 12.1 Å². The Morgan fingerprint density at radius 1 is 1.55 bits per heavy atom. The van der Waals surface area contributed by atoms with E-state index in [-0.39, 0.29) is 0 Å². The van der Waals surface area contributed by atoms with Crippen molar-refractivity contribution < 1.29 is 0 Å². The molecule has 0 bridgehead atoms. The highest BCUT2D eigenvalue weighted by atomic mass is 32.2. The van der Waals surface area contributed by atoms with Gasteiger partial charge in [0, 0.05) is 24.0 Å². The maximum atomic E-state index is 4.91. The summed E-state index contributed by atoms with van der Waals surface area (Å²) in [5.74, 6) is 1.22. The Kier molecular flexibility index (Phi) is 6.18. The van der Waals surface area contributed by atoms with Crippen LogP contribution in [0.25, 0.3) is 0 Å². The van der Waals surface area contributed by atoms with Gasteiger partial charge in [0.25, 0.3) is 0 Å². The molecule has 0 radical (unpaired) electrons. The Labute approximate surface area is 131 Å². The summed E-state index contributed by atoms with van der Waals surface area (Å²) in [4.78, 5) is 8.76. The van der Waals surface area contributed by atoms with Crippen molar-refractivity contribution in [2.75, 3.05) is 30.5 Å². The molecule has 1 aromatic heterocycles. The Morgan fingerprint density at radius 2 is 2.35 bits per heavy atom. The van der Waals surface area contributed by atoms with Crippen molar-refractivity contribution in [2.24, 2.45) is 0 Å². The zero-order chi connectivity index (χ0) is 14.5. The van der Waals surface area contributed by atoms with Crippen LogP contribution in [-0.4, -0.2) is 36.6 Å². The number of thioether (sulfide) groups is 1. The predicted octanol–water partition coefficient (Wildman–Crippen LogP) is 3.71. The molecule has 1 aliphatic rings. The number of rotatable bonds is 7. The van der Waals surface area contributed by atoms with Crippen molar-refractivity contribution in [3.05, 3.63) is 10.6 Å². The average molecular weight is 314 g/mol. The van der Waals surface area contributed by atoms with Gasteiger partial charge >= 0.3 is 0 Å². The second kappa shape index (κ2) is 7.66. The van der Waals surface area contributed by atoms with Crippen LogP contribution in [0.3, 0.4) is 0 Å². The van der Waals surface area contributed by atoms with E-state index in [1.807, 2.05) is 23.1 Å². The lowest BCUT2D eigenvalue weighted by Gasteiger charge is -2.24. The number of aromatic nitrogens is 1. The molecule has 0 aliphatic heterocycles. The summed E-state index contributed by atoms with van der Waals surface area (Å²) in [6.45, 7) is 5.53. The standard InChI is InChI=1S/C15H27N3S2/c1-5-16-12-7-6-8-13-14(12)20-15(17-13)18(3)11(2)9-10-19-4/h11-12,16H,5-10H2,1-4H3. The van der Waals surface area contributed by atoms with Crippen LogP contribution in [0.4, 0.5) is 5.13 Å². The molecule has 0 saturated carbocycles. The molecule has 2 rings (SSSR count). The number of anilines is 1. The molecule has 1 N–H and O–H groups in total. The molecule has 0 spiro atoms. The molecule has 5 heteroatoms. The maximum Gasteiger partial charge on any atom is 0.185 e. The van der Waals surface area contributed by atoms with Gasteiger partial charge in [0.15, 0.2) is 5.13 Å². The third-order valence-corrected chi connectivity index (χ3v) is 6.04. The smallest absolute Gasteiger partial charge is 0.185 e. The molecular weight excluding hydrogens is 286 g/mol. The molecule has 2 atom stereocenters. The van der Waals surface area contributed by atoms with Gasteiger partial charge in [-0.05, 0) is 51.2 Å². The van der Waals surface area contributed by atoms with Crippen LogP contribution in [0.5, 0.6) is 0 Å². The quantitative estimate of drug-likeness (QED) is 0.830. The Morgan fingerprint density at radius 3 is 3.05 bits per heavy atom. The Hall–Kier alpha value is -0.260. The van der Waals surface area contributed by atoms with Crippen molar-refractivity contribution in [3.63, 3.8) is 0 Å². The van der Waals surface area contributed by atoms with Crippen molar-refractivity contribution >= 4 is 28.2 Å². The molecule has 0 saturated heterocycles. The first-order chi connectivity index (χ1) is 9.67. The number of fused-ring (bicyclic) bond motifs is 1. The largest absolute Gasteiger partial charge is 0.348 e.